The van der Waals surface area contributed by atoms with Crippen LogP contribution in [-0.4, -0.2) is 16.8 Å². The first kappa shape index (κ1) is 16.9. The molecule has 3 aromatic rings. The quantitative estimate of drug-likeness (QED) is 0.692. The van der Waals surface area contributed by atoms with Crippen LogP contribution in [0.4, 0.5) is 10.8 Å². The highest BCUT2D eigenvalue weighted by atomic mass is 32.1. The summed E-state index contributed by atoms with van der Waals surface area (Å²) in [5.74, 6) is -0.335. The van der Waals surface area contributed by atoms with Gasteiger partial charge in [-0.15, -0.1) is 22.7 Å². The fourth-order valence-corrected chi connectivity index (χ4v) is 4.54. The molecule has 5 nitrogen and oxygen atoms in total. The molecule has 2 amide bonds. The number of aryl methyl sites for hydroxylation is 2. The van der Waals surface area contributed by atoms with Crippen LogP contribution in [0.1, 0.15) is 43.4 Å². The number of carbonyl (C=O) groups excluding carboxylic acids is 2. The van der Waals surface area contributed by atoms with Crippen LogP contribution < -0.4 is 10.6 Å². The third-order valence-corrected chi connectivity index (χ3v) is 6.16. The van der Waals surface area contributed by atoms with E-state index in [1.165, 1.54) is 29.1 Å². The molecule has 2 N–H and O–H groups in total. The van der Waals surface area contributed by atoms with Gasteiger partial charge in [0.25, 0.3) is 11.8 Å². The van der Waals surface area contributed by atoms with Gasteiger partial charge in [0.15, 0.2) is 5.13 Å². The van der Waals surface area contributed by atoms with Crippen molar-refractivity contribution in [2.45, 2.75) is 25.7 Å². The van der Waals surface area contributed by atoms with Gasteiger partial charge in [-0.05, 0) is 61.4 Å². The summed E-state index contributed by atoms with van der Waals surface area (Å²) in [4.78, 5) is 30.9. The Hall–Kier alpha value is -2.51. The summed E-state index contributed by atoms with van der Waals surface area (Å²) in [6, 6.07) is 10.5. The molecule has 2 aromatic heterocycles. The van der Waals surface area contributed by atoms with Crippen molar-refractivity contribution in [2.75, 3.05) is 10.6 Å². The Labute approximate surface area is 159 Å². The Balaban J connectivity index is 1.40. The van der Waals surface area contributed by atoms with Gasteiger partial charge in [-0.2, -0.15) is 0 Å². The normalized spacial score (nSPS) is 13.1. The van der Waals surface area contributed by atoms with Gasteiger partial charge >= 0.3 is 0 Å². The minimum Gasteiger partial charge on any atom is -0.321 e. The summed E-state index contributed by atoms with van der Waals surface area (Å²) in [7, 11) is 0. The molecule has 0 radical (unpaired) electrons. The number of thiophene rings is 1. The fraction of sp³-hybridized carbons (Fsp3) is 0.211. The van der Waals surface area contributed by atoms with Crippen LogP contribution in [0.25, 0.3) is 0 Å². The van der Waals surface area contributed by atoms with Crippen LogP contribution in [0.3, 0.4) is 0 Å². The predicted molar refractivity (Wildman–Crippen MR) is 105 cm³/mol. The summed E-state index contributed by atoms with van der Waals surface area (Å²) < 4.78 is 0. The number of hydrogen-bond donors (Lipinski definition) is 2. The molecule has 132 valence electrons. The number of carbonyl (C=O) groups is 2. The predicted octanol–water partition coefficient (Wildman–Crippen LogP) is 4.59. The molecule has 1 aliphatic carbocycles. The molecule has 1 aromatic carbocycles. The molecule has 2 heterocycles. The van der Waals surface area contributed by atoms with Crippen molar-refractivity contribution in [3.05, 3.63) is 62.8 Å². The van der Waals surface area contributed by atoms with E-state index in [0.29, 0.717) is 21.3 Å². The number of aromatic nitrogens is 1. The van der Waals surface area contributed by atoms with E-state index < -0.39 is 0 Å². The van der Waals surface area contributed by atoms with Crippen molar-refractivity contribution in [1.29, 1.82) is 0 Å². The monoisotopic (exact) mass is 383 g/mol. The van der Waals surface area contributed by atoms with Gasteiger partial charge < -0.3 is 5.32 Å². The molecule has 0 saturated heterocycles. The smallest absolute Gasteiger partial charge is 0.265 e. The number of rotatable bonds is 4. The van der Waals surface area contributed by atoms with Crippen molar-refractivity contribution in [3.63, 3.8) is 0 Å². The Morgan fingerprint density at radius 3 is 2.50 bits per heavy atom. The second kappa shape index (κ2) is 7.39. The molecule has 4 rings (SSSR count). The minimum absolute atomic E-state index is 0.148. The van der Waals surface area contributed by atoms with Crippen LogP contribution >= 0.6 is 22.7 Å². The fourth-order valence-electron chi connectivity index (χ4n) is 2.88. The number of nitrogens with one attached hydrogen (secondary N) is 2. The van der Waals surface area contributed by atoms with Crippen LogP contribution in [-0.2, 0) is 12.8 Å². The highest BCUT2D eigenvalue weighted by Crippen LogP contribution is 2.29. The van der Waals surface area contributed by atoms with E-state index in [0.717, 1.165) is 18.5 Å². The summed E-state index contributed by atoms with van der Waals surface area (Å²) in [5.41, 5.74) is 2.32. The molecule has 1 aliphatic rings. The maximum Gasteiger partial charge on any atom is 0.265 e. The van der Waals surface area contributed by atoms with Crippen LogP contribution in [0.5, 0.6) is 0 Å². The molecule has 0 aliphatic heterocycles. The number of nitrogens with zero attached hydrogens (tertiary/aromatic N) is 1. The van der Waals surface area contributed by atoms with Crippen molar-refractivity contribution in [3.8, 4) is 0 Å². The number of anilines is 2. The SMILES string of the molecule is O=C(Nc1nc2c(s1)CCCC2)c1ccc(NC(=O)c2cccs2)cc1. The number of hydrogen-bond acceptors (Lipinski definition) is 5. The maximum atomic E-state index is 12.4. The van der Waals surface area contributed by atoms with Gasteiger partial charge in [-0.1, -0.05) is 6.07 Å². The minimum atomic E-state index is -0.188. The highest BCUT2D eigenvalue weighted by Gasteiger charge is 2.17. The Morgan fingerprint density at radius 2 is 1.77 bits per heavy atom. The Kier molecular flexibility index (Phi) is 4.81. The van der Waals surface area contributed by atoms with Crippen molar-refractivity contribution in [1.82, 2.24) is 4.98 Å². The zero-order valence-electron chi connectivity index (χ0n) is 14.0. The second-order valence-electron chi connectivity index (χ2n) is 6.06. The first-order chi connectivity index (χ1) is 12.7. The van der Waals surface area contributed by atoms with Gasteiger partial charge in [-0.25, -0.2) is 4.98 Å². The molecule has 0 atom stereocenters. The van der Waals surface area contributed by atoms with E-state index in [1.54, 1.807) is 41.7 Å². The molecule has 0 fully saturated rings. The van der Waals surface area contributed by atoms with Gasteiger partial charge in [0.05, 0.1) is 10.6 Å². The molecular formula is C19H17N3O2S2. The zero-order chi connectivity index (χ0) is 17.9. The van der Waals surface area contributed by atoms with E-state index in [4.69, 9.17) is 0 Å². The molecule has 26 heavy (non-hydrogen) atoms. The largest absolute Gasteiger partial charge is 0.321 e. The lowest BCUT2D eigenvalue weighted by molar-refractivity contribution is 0.102. The molecule has 7 heteroatoms. The summed E-state index contributed by atoms with van der Waals surface area (Å²) >= 11 is 2.96. The Bertz CT molecular complexity index is 907. The number of fused-ring (bicyclic) bond motifs is 1. The van der Waals surface area contributed by atoms with E-state index in [-0.39, 0.29) is 11.8 Å². The van der Waals surface area contributed by atoms with Crippen molar-refractivity contribution >= 4 is 45.3 Å². The maximum absolute atomic E-state index is 12.4. The number of thiazole rings is 1. The van der Waals surface area contributed by atoms with Crippen molar-refractivity contribution < 1.29 is 9.59 Å². The zero-order valence-corrected chi connectivity index (χ0v) is 15.6. The van der Waals surface area contributed by atoms with Gasteiger partial charge in [0, 0.05) is 16.1 Å². The third-order valence-electron chi connectivity index (χ3n) is 4.22. The van der Waals surface area contributed by atoms with Crippen LogP contribution in [0.15, 0.2) is 41.8 Å². The van der Waals surface area contributed by atoms with Gasteiger partial charge in [0.2, 0.25) is 0 Å². The molecule has 0 unspecified atom stereocenters. The summed E-state index contributed by atoms with van der Waals surface area (Å²) in [6.45, 7) is 0. The molecule has 0 saturated carbocycles. The molecular weight excluding hydrogens is 366 g/mol. The lowest BCUT2D eigenvalue weighted by Crippen LogP contribution is -2.13. The summed E-state index contributed by atoms with van der Waals surface area (Å²) in [5, 5.41) is 8.23. The third kappa shape index (κ3) is 3.68. The average molecular weight is 383 g/mol. The topological polar surface area (TPSA) is 71.1 Å². The average Bonchev–Trinajstić information content (AvgIpc) is 3.31. The van der Waals surface area contributed by atoms with E-state index in [2.05, 4.69) is 15.6 Å². The van der Waals surface area contributed by atoms with E-state index in [1.807, 2.05) is 11.4 Å². The first-order valence-electron chi connectivity index (χ1n) is 8.44. The van der Waals surface area contributed by atoms with Crippen LogP contribution in [0, 0.1) is 0 Å². The molecule has 0 bridgehead atoms. The van der Waals surface area contributed by atoms with Gasteiger partial charge in [0.1, 0.15) is 0 Å². The number of amides is 2. The highest BCUT2D eigenvalue weighted by molar-refractivity contribution is 7.15. The van der Waals surface area contributed by atoms with E-state index in [9.17, 15) is 9.59 Å². The van der Waals surface area contributed by atoms with Crippen LogP contribution in [0.2, 0.25) is 0 Å². The first-order valence-corrected chi connectivity index (χ1v) is 10.1. The second-order valence-corrected chi connectivity index (χ2v) is 8.09. The lowest BCUT2D eigenvalue weighted by atomic mass is 10.0. The number of benzene rings is 1. The summed E-state index contributed by atoms with van der Waals surface area (Å²) in [6.07, 6.45) is 4.42. The standard InChI is InChI=1S/C19H17N3O2S2/c23-17(22-19-21-14-4-1-2-5-15(14)26-19)12-7-9-13(10-8-12)20-18(24)16-6-3-11-25-16/h3,6-11H,1-2,4-5H2,(H,20,24)(H,21,22,23). The van der Waals surface area contributed by atoms with Gasteiger partial charge in [-0.3, -0.25) is 14.9 Å². The lowest BCUT2D eigenvalue weighted by Gasteiger charge is -2.06. The Morgan fingerprint density at radius 1 is 0.962 bits per heavy atom. The molecule has 0 spiro atoms. The van der Waals surface area contributed by atoms with E-state index >= 15 is 0 Å². The van der Waals surface area contributed by atoms with Crippen molar-refractivity contribution in [2.24, 2.45) is 0 Å².